The number of rotatable bonds is 5. The van der Waals surface area contributed by atoms with Crippen LogP contribution in [0.25, 0.3) is 0 Å². The number of alkyl halides is 2. The summed E-state index contributed by atoms with van der Waals surface area (Å²) in [6, 6.07) is 10.6. The van der Waals surface area contributed by atoms with Crippen molar-refractivity contribution in [3.8, 4) is 11.5 Å². The molecule has 0 amide bonds. The van der Waals surface area contributed by atoms with E-state index in [0.717, 1.165) is 0 Å². The average molecular weight is 357 g/mol. The van der Waals surface area contributed by atoms with E-state index < -0.39 is 6.61 Å². The summed E-state index contributed by atoms with van der Waals surface area (Å²) in [6.07, 6.45) is 0. The third kappa shape index (κ3) is 3.78. The lowest BCUT2D eigenvalue weighted by Crippen LogP contribution is -2.05. The maximum Gasteiger partial charge on any atom is 0.387 e. The number of hydrogen-bond donors (Lipinski definition) is 0. The van der Waals surface area contributed by atoms with Gasteiger partial charge in [-0.2, -0.15) is 8.78 Å². The number of methoxy groups -OCH3 is 1. The van der Waals surface area contributed by atoms with Gasteiger partial charge in [0, 0.05) is 15.6 Å². The molecule has 2 aromatic rings. The second kappa shape index (κ2) is 6.67. The maximum absolute atomic E-state index is 12.4. The van der Waals surface area contributed by atoms with Crippen molar-refractivity contribution in [3.05, 3.63) is 58.1 Å². The van der Waals surface area contributed by atoms with Crippen LogP contribution in [0.4, 0.5) is 8.78 Å². The van der Waals surface area contributed by atoms with Crippen molar-refractivity contribution >= 4 is 21.7 Å². The molecule has 0 fully saturated rings. The summed E-state index contributed by atoms with van der Waals surface area (Å²) in [5, 5.41) is 0. The molecule has 0 aliphatic rings. The topological polar surface area (TPSA) is 35.5 Å². The molecule has 0 atom stereocenters. The Morgan fingerprint density at radius 3 is 2.52 bits per heavy atom. The third-order valence-electron chi connectivity index (χ3n) is 2.74. The summed E-state index contributed by atoms with van der Waals surface area (Å²) < 4.78 is 34.3. The van der Waals surface area contributed by atoms with Crippen molar-refractivity contribution in [2.45, 2.75) is 6.61 Å². The lowest BCUT2D eigenvalue weighted by atomic mass is 10.0. The Kier molecular flexibility index (Phi) is 4.90. The van der Waals surface area contributed by atoms with Gasteiger partial charge in [-0.15, -0.1) is 0 Å². The minimum atomic E-state index is -2.93. The predicted molar refractivity (Wildman–Crippen MR) is 77.2 cm³/mol. The zero-order valence-electron chi connectivity index (χ0n) is 11.0. The molecule has 0 aliphatic carbocycles. The van der Waals surface area contributed by atoms with Gasteiger partial charge in [0.2, 0.25) is 0 Å². The van der Waals surface area contributed by atoms with E-state index in [9.17, 15) is 13.6 Å². The minimum Gasteiger partial charge on any atom is -0.497 e. The molecule has 0 bridgehead atoms. The normalized spacial score (nSPS) is 10.5. The molecule has 0 saturated heterocycles. The van der Waals surface area contributed by atoms with Crippen LogP contribution in [-0.2, 0) is 0 Å². The number of carbonyl (C=O) groups is 1. The number of halogens is 3. The first-order chi connectivity index (χ1) is 10.0. The van der Waals surface area contributed by atoms with E-state index in [4.69, 9.17) is 4.74 Å². The van der Waals surface area contributed by atoms with Crippen LogP contribution in [0.2, 0.25) is 0 Å². The highest BCUT2D eigenvalue weighted by Gasteiger charge is 2.15. The highest BCUT2D eigenvalue weighted by Crippen LogP contribution is 2.26. The largest absolute Gasteiger partial charge is 0.497 e. The molecule has 0 saturated carbocycles. The van der Waals surface area contributed by atoms with Gasteiger partial charge in [-0.1, -0.05) is 12.1 Å². The lowest BCUT2D eigenvalue weighted by Gasteiger charge is -2.08. The standard InChI is InChI=1S/C15H11BrF2O3/c1-20-10-5-6-12(13(16)8-10)14(19)9-3-2-4-11(7-9)21-15(17)18/h2-8,15H,1H3. The molecule has 0 heterocycles. The Hall–Kier alpha value is -1.95. The Labute approximate surface area is 128 Å². The number of hydrogen-bond acceptors (Lipinski definition) is 3. The van der Waals surface area contributed by atoms with Crippen LogP contribution in [0.15, 0.2) is 46.9 Å². The molecule has 6 heteroatoms. The molecule has 110 valence electrons. The number of ether oxygens (including phenoxy) is 2. The van der Waals surface area contributed by atoms with Gasteiger partial charge in [0.05, 0.1) is 7.11 Å². The Morgan fingerprint density at radius 2 is 1.90 bits per heavy atom. The molecular formula is C15H11BrF2O3. The molecule has 0 aromatic heterocycles. The van der Waals surface area contributed by atoms with Gasteiger partial charge in [-0.05, 0) is 46.3 Å². The SMILES string of the molecule is COc1ccc(C(=O)c2cccc(OC(F)F)c2)c(Br)c1. The first-order valence-corrected chi connectivity index (χ1v) is 6.73. The molecule has 0 radical (unpaired) electrons. The van der Waals surface area contributed by atoms with Gasteiger partial charge >= 0.3 is 6.61 Å². The van der Waals surface area contributed by atoms with E-state index in [-0.39, 0.29) is 17.1 Å². The van der Waals surface area contributed by atoms with Crippen LogP contribution in [0, 0.1) is 0 Å². The summed E-state index contributed by atoms with van der Waals surface area (Å²) in [5.74, 6) is 0.248. The van der Waals surface area contributed by atoms with E-state index in [2.05, 4.69) is 20.7 Å². The first-order valence-electron chi connectivity index (χ1n) is 5.94. The Bertz CT molecular complexity index is 659. The average Bonchev–Trinajstić information content (AvgIpc) is 2.46. The van der Waals surface area contributed by atoms with Gasteiger partial charge in [-0.25, -0.2) is 0 Å². The molecule has 2 rings (SSSR count). The fourth-order valence-corrected chi connectivity index (χ4v) is 2.31. The molecule has 2 aromatic carbocycles. The van der Waals surface area contributed by atoms with Crippen molar-refractivity contribution in [2.75, 3.05) is 7.11 Å². The third-order valence-corrected chi connectivity index (χ3v) is 3.40. The Balaban J connectivity index is 2.31. The molecular weight excluding hydrogens is 346 g/mol. The van der Waals surface area contributed by atoms with E-state index in [1.807, 2.05) is 0 Å². The van der Waals surface area contributed by atoms with Crippen molar-refractivity contribution in [1.29, 1.82) is 0 Å². The quantitative estimate of drug-likeness (QED) is 0.749. The number of ketones is 1. The molecule has 0 N–H and O–H groups in total. The van der Waals surface area contributed by atoms with E-state index in [0.29, 0.717) is 15.8 Å². The highest BCUT2D eigenvalue weighted by atomic mass is 79.9. The van der Waals surface area contributed by atoms with Crippen LogP contribution in [-0.4, -0.2) is 19.5 Å². The van der Waals surface area contributed by atoms with Crippen LogP contribution in [0.1, 0.15) is 15.9 Å². The van der Waals surface area contributed by atoms with Crippen molar-refractivity contribution in [3.63, 3.8) is 0 Å². The zero-order chi connectivity index (χ0) is 15.4. The van der Waals surface area contributed by atoms with Crippen molar-refractivity contribution in [2.24, 2.45) is 0 Å². The number of benzene rings is 2. The van der Waals surface area contributed by atoms with Crippen molar-refractivity contribution in [1.82, 2.24) is 0 Å². The molecule has 0 unspecified atom stereocenters. The molecule has 3 nitrogen and oxygen atoms in total. The fourth-order valence-electron chi connectivity index (χ4n) is 1.78. The second-order valence-electron chi connectivity index (χ2n) is 4.08. The Morgan fingerprint density at radius 1 is 1.14 bits per heavy atom. The second-order valence-corrected chi connectivity index (χ2v) is 4.94. The molecule has 0 aliphatic heterocycles. The summed E-state index contributed by atoms with van der Waals surface area (Å²) >= 11 is 3.29. The van der Waals surface area contributed by atoms with Crippen LogP contribution in [0.3, 0.4) is 0 Å². The van der Waals surface area contributed by atoms with Gasteiger partial charge in [0.1, 0.15) is 11.5 Å². The van der Waals surface area contributed by atoms with Gasteiger partial charge in [0.15, 0.2) is 5.78 Å². The van der Waals surface area contributed by atoms with Gasteiger partial charge in [0.25, 0.3) is 0 Å². The fraction of sp³-hybridized carbons (Fsp3) is 0.133. The van der Waals surface area contributed by atoms with Crippen LogP contribution in [0.5, 0.6) is 11.5 Å². The van der Waals surface area contributed by atoms with E-state index in [1.165, 1.54) is 31.4 Å². The predicted octanol–water partition coefficient (Wildman–Crippen LogP) is 4.29. The van der Waals surface area contributed by atoms with Gasteiger partial charge in [-0.3, -0.25) is 4.79 Å². The van der Waals surface area contributed by atoms with Gasteiger partial charge < -0.3 is 9.47 Å². The summed E-state index contributed by atoms with van der Waals surface area (Å²) in [7, 11) is 1.52. The highest BCUT2D eigenvalue weighted by molar-refractivity contribution is 9.10. The van der Waals surface area contributed by atoms with Crippen LogP contribution >= 0.6 is 15.9 Å². The van der Waals surface area contributed by atoms with Crippen LogP contribution < -0.4 is 9.47 Å². The lowest BCUT2D eigenvalue weighted by molar-refractivity contribution is -0.0498. The first kappa shape index (κ1) is 15.4. The zero-order valence-corrected chi connectivity index (χ0v) is 12.6. The summed E-state index contributed by atoms with van der Waals surface area (Å²) in [4.78, 5) is 12.4. The molecule has 0 spiro atoms. The van der Waals surface area contributed by atoms with E-state index in [1.54, 1.807) is 18.2 Å². The maximum atomic E-state index is 12.4. The minimum absolute atomic E-state index is 0.0551. The number of carbonyl (C=O) groups excluding carboxylic acids is 1. The molecule has 21 heavy (non-hydrogen) atoms. The van der Waals surface area contributed by atoms with Crippen molar-refractivity contribution < 1.29 is 23.0 Å². The monoisotopic (exact) mass is 356 g/mol. The van der Waals surface area contributed by atoms with E-state index >= 15 is 0 Å². The smallest absolute Gasteiger partial charge is 0.387 e. The summed E-state index contributed by atoms with van der Waals surface area (Å²) in [6.45, 7) is -2.93. The summed E-state index contributed by atoms with van der Waals surface area (Å²) in [5.41, 5.74) is 0.670.